The monoisotopic (exact) mass is 746 g/mol. The normalized spacial score (nSPS) is 10.9. The zero-order valence-corrected chi connectivity index (χ0v) is 31.7. The summed E-state index contributed by atoms with van der Waals surface area (Å²) in [4.78, 5) is 22.8. The highest BCUT2D eigenvalue weighted by Gasteiger charge is 2.22. The van der Waals surface area contributed by atoms with Crippen LogP contribution in [0.25, 0.3) is 54.0 Å². The molecule has 6 heterocycles. The van der Waals surface area contributed by atoms with Crippen LogP contribution in [0.2, 0.25) is 0 Å². The average Bonchev–Trinajstić information content (AvgIpc) is 3.97. The number of hydrogen-bond donors (Lipinski definition) is 4. The Kier molecular flexibility index (Phi) is 10.9. The quantitative estimate of drug-likeness (QED) is 0.126. The Balaban J connectivity index is 0.000000148. The lowest BCUT2D eigenvalue weighted by atomic mass is 10.0. The van der Waals surface area contributed by atoms with E-state index >= 15 is 0 Å². The van der Waals surface area contributed by atoms with Gasteiger partial charge in [-0.3, -0.25) is 0 Å². The Bertz CT molecular complexity index is 2530. The van der Waals surface area contributed by atoms with E-state index in [1.165, 1.54) is 22.5 Å². The van der Waals surface area contributed by atoms with Gasteiger partial charge in [0.15, 0.2) is 0 Å². The van der Waals surface area contributed by atoms with Crippen molar-refractivity contribution in [3.8, 4) is 33.6 Å². The van der Waals surface area contributed by atoms with Crippen molar-refractivity contribution in [2.75, 3.05) is 11.5 Å². The van der Waals surface area contributed by atoms with E-state index in [-0.39, 0.29) is 4.88 Å². The molecule has 2 aromatic carbocycles. The van der Waals surface area contributed by atoms with Gasteiger partial charge in [-0.2, -0.15) is 5.21 Å². The number of nitrogens with one attached hydrogen (secondary N) is 1. The number of H-pyrrole nitrogens is 1. The van der Waals surface area contributed by atoms with E-state index in [1.807, 2.05) is 81.4 Å². The Hall–Kier alpha value is -6.06. The summed E-state index contributed by atoms with van der Waals surface area (Å²) >= 11 is 2.64. The van der Waals surface area contributed by atoms with Gasteiger partial charge in [0.1, 0.15) is 19.4 Å². The van der Waals surface area contributed by atoms with Gasteiger partial charge in [-0.1, -0.05) is 62.4 Å². The first kappa shape index (κ1) is 36.7. The number of tetrazole rings is 1. The first-order valence-corrected chi connectivity index (χ1v) is 18.4. The van der Waals surface area contributed by atoms with Crippen LogP contribution in [0.4, 0.5) is 11.4 Å². The molecule has 0 aliphatic heterocycles. The maximum atomic E-state index is 11.0. The summed E-state index contributed by atoms with van der Waals surface area (Å²) in [7, 11) is 0. The molecular formula is C38H38N10O3S2. The maximum absolute atomic E-state index is 11.0. The van der Waals surface area contributed by atoms with Crippen LogP contribution in [-0.4, -0.2) is 51.9 Å². The van der Waals surface area contributed by atoms with Gasteiger partial charge < -0.3 is 21.0 Å². The third kappa shape index (κ3) is 7.34. The highest BCUT2D eigenvalue weighted by Crippen LogP contribution is 2.42. The minimum Gasteiger partial charge on any atom is -0.477 e. The van der Waals surface area contributed by atoms with E-state index in [0.29, 0.717) is 33.8 Å². The predicted octanol–water partition coefficient (Wildman–Crippen LogP) is 8.40. The molecule has 8 aromatic rings. The highest BCUT2D eigenvalue weighted by molar-refractivity contribution is 7.22. The second kappa shape index (κ2) is 15.7. The number of nitrogens with zero attached hydrogens (tertiary/aromatic N) is 7. The number of aromatic carboxylic acids is 1. The fourth-order valence-corrected chi connectivity index (χ4v) is 8.44. The van der Waals surface area contributed by atoms with E-state index in [2.05, 4.69) is 56.6 Å². The van der Waals surface area contributed by atoms with Crippen LogP contribution in [-0.2, 0) is 12.8 Å². The van der Waals surface area contributed by atoms with Crippen molar-refractivity contribution in [3.63, 3.8) is 0 Å². The summed E-state index contributed by atoms with van der Waals surface area (Å²) < 4.78 is 5.87. The summed E-state index contributed by atoms with van der Waals surface area (Å²) in [6, 6.07) is 19.4. The Labute approximate surface area is 313 Å². The van der Waals surface area contributed by atoms with Gasteiger partial charge in [0.25, 0.3) is 5.89 Å². The van der Waals surface area contributed by atoms with Crippen LogP contribution in [0.5, 0.6) is 0 Å². The van der Waals surface area contributed by atoms with Crippen molar-refractivity contribution in [2.24, 2.45) is 0 Å². The molecule has 0 spiro atoms. The number of hydrogen-bond acceptors (Lipinski definition) is 13. The average molecular weight is 747 g/mol. The SMILES string of the molecule is CCc1c(C)nc2sc(-c3nnc(-c4ccccc4)o3)c(N)c2c1C.CCc1c(C)nc2sc(C(=O)O)c(N)c2c1C.c1ccc(-c2nn[nH]n2)cc1. The minimum atomic E-state index is -0.986. The Morgan fingerprint density at radius 1 is 0.736 bits per heavy atom. The lowest BCUT2D eigenvalue weighted by Gasteiger charge is -2.08. The molecule has 270 valence electrons. The summed E-state index contributed by atoms with van der Waals surface area (Å²) in [5.41, 5.74) is 21.9. The van der Waals surface area contributed by atoms with E-state index in [9.17, 15) is 4.79 Å². The molecule has 13 nitrogen and oxygen atoms in total. The van der Waals surface area contributed by atoms with Crippen LogP contribution >= 0.6 is 22.7 Å². The number of pyridine rings is 2. The number of rotatable bonds is 6. The topological polar surface area (TPSA) is 208 Å². The number of aryl methyl sites for hydroxylation is 4. The van der Waals surface area contributed by atoms with Gasteiger partial charge in [0.05, 0.1) is 11.4 Å². The molecule has 15 heteroatoms. The summed E-state index contributed by atoms with van der Waals surface area (Å²) in [6.45, 7) is 12.3. The molecule has 0 aliphatic carbocycles. The number of fused-ring (bicyclic) bond motifs is 2. The van der Waals surface area contributed by atoms with Gasteiger partial charge >= 0.3 is 5.97 Å². The molecule has 0 atom stereocenters. The smallest absolute Gasteiger partial charge is 0.348 e. The molecule has 0 saturated carbocycles. The molecule has 0 saturated heterocycles. The first-order chi connectivity index (χ1) is 25.5. The van der Waals surface area contributed by atoms with Crippen LogP contribution in [0, 0.1) is 27.7 Å². The summed E-state index contributed by atoms with van der Waals surface area (Å²) in [5, 5.41) is 32.8. The molecule has 0 aliphatic rings. The fourth-order valence-electron chi connectivity index (χ4n) is 6.27. The second-order valence-corrected chi connectivity index (χ2v) is 14.0. The number of carboxylic acid groups (broad SMARTS) is 1. The number of thiophene rings is 2. The van der Waals surface area contributed by atoms with Crippen molar-refractivity contribution in [1.29, 1.82) is 0 Å². The van der Waals surface area contributed by atoms with Crippen molar-refractivity contribution in [2.45, 2.75) is 54.4 Å². The van der Waals surface area contributed by atoms with E-state index in [1.54, 1.807) is 0 Å². The van der Waals surface area contributed by atoms with Gasteiger partial charge in [0.2, 0.25) is 11.7 Å². The molecule has 0 bridgehead atoms. The molecular weight excluding hydrogens is 709 g/mol. The van der Waals surface area contributed by atoms with Crippen molar-refractivity contribution in [3.05, 3.63) is 99.2 Å². The molecule has 0 amide bonds. The summed E-state index contributed by atoms with van der Waals surface area (Å²) in [6.07, 6.45) is 1.81. The van der Waals surface area contributed by atoms with Gasteiger partial charge in [-0.05, 0) is 80.1 Å². The number of nitrogen functional groups attached to an aromatic ring is 2. The molecule has 53 heavy (non-hydrogen) atoms. The molecule has 8 rings (SSSR count). The zero-order chi connectivity index (χ0) is 37.8. The first-order valence-electron chi connectivity index (χ1n) is 16.8. The Morgan fingerprint density at radius 3 is 1.79 bits per heavy atom. The third-order valence-electron chi connectivity index (χ3n) is 8.84. The standard InChI is InChI=1S/C19H18N4OS.C12H14N2O2S.C7H6N4/c1-4-13-10(2)14-15(20)16(25-19(14)21-11(13)3)18-23-22-17(24-18)12-8-6-5-7-9-12;1-4-7-5(2)8-9(13)10(12(15)16)17-11(8)14-6(7)3;1-2-4-6(5-3-1)7-8-10-11-9-7/h5-9H,4,20H2,1-3H3;4,13H2,1-3H3,(H,15,16);1-5H,(H,8,9,10,11). The van der Waals surface area contributed by atoms with E-state index < -0.39 is 5.97 Å². The van der Waals surface area contributed by atoms with Gasteiger partial charge in [-0.15, -0.1) is 43.1 Å². The predicted molar refractivity (Wildman–Crippen MR) is 211 cm³/mol. The zero-order valence-electron chi connectivity index (χ0n) is 30.1. The van der Waals surface area contributed by atoms with E-state index in [0.717, 1.165) is 78.3 Å². The fraction of sp³-hybridized carbons (Fsp3) is 0.211. The number of aromatic nitrogens is 8. The van der Waals surface area contributed by atoms with Crippen LogP contribution < -0.4 is 11.5 Å². The molecule has 0 fully saturated rings. The van der Waals surface area contributed by atoms with Gasteiger partial charge in [-0.25, -0.2) is 14.8 Å². The largest absolute Gasteiger partial charge is 0.477 e. The molecule has 6 aromatic heterocycles. The number of benzene rings is 2. The molecule has 6 N–H and O–H groups in total. The van der Waals surface area contributed by atoms with Gasteiger partial charge in [0, 0.05) is 33.3 Å². The summed E-state index contributed by atoms with van der Waals surface area (Å²) in [5.74, 6) is 0.572. The highest BCUT2D eigenvalue weighted by atomic mass is 32.1. The maximum Gasteiger partial charge on any atom is 0.348 e. The number of aromatic amines is 1. The van der Waals surface area contributed by atoms with Crippen molar-refractivity contribution in [1.82, 2.24) is 40.8 Å². The second-order valence-electron chi connectivity index (χ2n) is 12.0. The Morgan fingerprint density at radius 2 is 1.26 bits per heavy atom. The van der Waals surface area contributed by atoms with Crippen LogP contribution in [0.1, 0.15) is 57.2 Å². The van der Waals surface area contributed by atoms with E-state index in [4.69, 9.17) is 26.0 Å². The number of anilines is 2. The third-order valence-corrected chi connectivity index (χ3v) is 11.0. The molecule has 0 radical (unpaired) electrons. The van der Waals surface area contributed by atoms with Crippen molar-refractivity contribution < 1.29 is 14.3 Å². The molecule has 0 unspecified atom stereocenters. The van der Waals surface area contributed by atoms with Crippen molar-refractivity contribution >= 4 is 60.5 Å². The minimum absolute atomic E-state index is 0.184. The van der Waals surface area contributed by atoms with Crippen LogP contribution in [0.15, 0.2) is 65.1 Å². The number of carbonyl (C=O) groups is 1. The van der Waals surface area contributed by atoms with Crippen LogP contribution in [0.3, 0.4) is 0 Å². The lowest BCUT2D eigenvalue weighted by molar-refractivity contribution is 0.0703. The lowest BCUT2D eigenvalue weighted by Crippen LogP contribution is -1.99. The number of carboxylic acids is 1. The number of nitrogens with two attached hydrogens (primary N) is 2.